The Kier molecular flexibility index (Phi) is 10.2. The number of allylic oxidation sites excluding steroid dienone is 1. The summed E-state index contributed by atoms with van der Waals surface area (Å²) in [5, 5.41) is 2.77. The first kappa shape index (κ1) is 29.9. The molecule has 0 aromatic heterocycles. The van der Waals surface area contributed by atoms with Crippen molar-refractivity contribution in [2.75, 3.05) is 11.9 Å². The van der Waals surface area contributed by atoms with E-state index in [0.29, 0.717) is 5.57 Å². The molecule has 41 heavy (non-hydrogen) atoms. The van der Waals surface area contributed by atoms with E-state index in [-0.39, 0.29) is 35.7 Å². The number of halogens is 1. The van der Waals surface area contributed by atoms with E-state index in [0.717, 1.165) is 16.7 Å². The minimum atomic E-state index is -1.07. The molecule has 0 radical (unpaired) electrons. The lowest BCUT2D eigenvalue weighted by Gasteiger charge is -2.47. The molecule has 1 heterocycles. The van der Waals surface area contributed by atoms with Crippen LogP contribution in [-0.4, -0.2) is 52.7 Å². The Bertz CT molecular complexity index is 1370. The minimum absolute atomic E-state index is 0.00304. The highest BCUT2D eigenvalue weighted by atomic mass is 79.9. The first-order valence-electron chi connectivity index (χ1n) is 13.1. The van der Waals surface area contributed by atoms with Crippen molar-refractivity contribution >= 4 is 39.5 Å². The number of alkyl halides is 1. The molecular formula is C32H31BrN2O6. The van der Waals surface area contributed by atoms with Crippen LogP contribution < -0.4 is 5.32 Å². The van der Waals surface area contributed by atoms with Crippen LogP contribution in [0.4, 0.5) is 0 Å². The van der Waals surface area contributed by atoms with E-state index in [1.807, 2.05) is 91.0 Å². The number of hydrogen-bond acceptors (Lipinski definition) is 6. The molecule has 1 aliphatic rings. The molecule has 4 rings (SSSR count). The number of benzene rings is 3. The third-order valence-electron chi connectivity index (χ3n) is 6.47. The smallest absolute Gasteiger partial charge is 0.356 e. The third-order valence-corrected chi connectivity index (χ3v) is 7.09. The zero-order valence-corrected chi connectivity index (χ0v) is 24.4. The maximum atomic E-state index is 13.7. The molecule has 212 valence electrons. The minimum Gasteiger partial charge on any atom is -0.448 e. The molecule has 0 saturated carbocycles. The number of likely N-dealkylation sites (tertiary alicyclic amines) is 1. The van der Waals surface area contributed by atoms with Gasteiger partial charge in [0.15, 0.2) is 24.2 Å². The van der Waals surface area contributed by atoms with Crippen LogP contribution in [0.1, 0.15) is 36.6 Å². The SMILES string of the molecule is CC(C)=C(C(=O)OC(c1ccccc1)c1ccccc1)N1C(=O)[C@H](NC(=O)Cc2ccccc2)[C@H]1OCC(=O)CBr. The maximum absolute atomic E-state index is 13.7. The van der Waals surface area contributed by atoms with E-state index in [9.17, 15) is 19.2 Å². The van der Waals surface area contributed by atoms with Gasteiger partial charge >= 0.3 is 5.97 Å². The molecule has 1 aliphatic heterocycles. The number of Topliss-reactive ketones (excluding diaryl/α,β-unsaturated/α-hetero) is 1. The fourth-order valence-corrected chi connectivity index (χ4v) is 4.68. The van der Waals surface area contributed by atoms with Crippen molar-refractivity contribution in [1.29, 1.82) is 0 Å². The summed E-state index contributed by atoms with van der Waals surface area (Å²) in [6.07, 6.45) is -1.74. The second-order valence-electron chi connectivity index (χ2n) is 9.74. The predicted molar refractivity (Wildman–Crippen MR) is 157 cm³/mol. The van der Waals surface area contributed by atoms with Gasteiger partial charge in [-0.25, -0.2) is 4.79 Å². The van der Waals surface area contributed by atoms with E-state index in [2.05, 4.69) is 21.2 Å². The Labute approximate surface area is 247 Å². The molecule has 0 aliphatic carbocycles. The lowest BCUT2D eigenvalue weighted by Crippen LogP contribution is -2.72. The fraction of sp³-hybridized carbons (Fsp3) is 0.250. The molecule has 3 aromatic rings. The van der Waals surface area contributed by atoms with E-state index >= 15 is 0 Å². The van der Waals surface area contributed by atoms with Crippen LogP contribution in [0.3, 0.4) is 0 Å². The van der Waals surface area contributed by atoms with Gasteiger partial charge in [0.2, 0.25) is 5.91 Å². The highest BCUT2D eigenvalue weighted by Crippen LogP contribution is 2.33. The van der Waals surface area contributed by atoms with Gasteiger partial charge in [0.25, 0.3) is 5.91 Å². The summed E-state index contributed by atoms with van der Waals surface area (Å²) < 4.78 is 11.8. The van der Waals surface area contributed by atoms with Crippen LogP contribution in [0.15, 0.2) is 102 Å². The van der Waals surface area contributed by atoms with Crippen LogP contribution in [0, 0.1) is 0 Å². The van der Waals surface area contributed by atoms with Gasteiger partial charge in [-0.1, -0.05) is 107 Å². The average Bonchev–Trinajstić information content (AvgIpc) is 2.99. The molecule has 1 saturated heterocycles. The summed E-state index contributed by atoms with van der Waals surface area (Å²) >= 11 is 3.11. The number of β-lactam (4-membered cyclic amide) rings is 1. The lowest BCUT2D eigenvalue weighted by molar-refractivity contribution is -0.183. The monoisotopic (exact) mass is 618 g/mol. The second kappa shape index (κ2) is 14.0. The molecular weight excluding hydrogens is 588 g/mol. The highest BCUT2D eigenvalue weighted by molar-refractivity contribution is 9.09. The van der Waals surface area contributed by atoms with Crippen molar-refractivity contribution in [1.82, 2.24) is 10.2 Å². The van der Waals surface area contributed by atoms with Crippen molar-refractivity contribution in [2.24, 2.45) is 0 Å². The Balaban J connectivity index is 1.58. The van der Waals surface area contributed by atoms with Gasteiger partial charge in [0, 0.05) is 0 Å². The van der Waals surface area contributed by atoms with Gasteiger partial charge in [-0.2, -0.15) is 0 Å². The summed E-state index contributed by atoms with van der Waals surface area (Å²) in [5.41, 5.74) is 2.81. The topological polar surface area (TPSA) is 102 Å². The first-order valence-corrected chi connectivity index (χ1v) is 14.3. The molecule has 0 bridgehead atoms. The van der Waals surface area contributed by atoms with Crippen molar-refractivity contribution in [2.45, 2.75) is 38.6 Å². The van der Waals surface area contributed by atoms with Crippen LogP contribution >= 0.6 is 15.9 Å². The Hall–Kier alpha value is -4.08. The molecule has 1 fully saturated rings. The number of ether oxygens (including phenoxy) is 2. The van der Waals surface area contributed by atoms with E-state index in [1.54, 1.807) is 13.8 Å². The molecule has 9 heteroatoms. The number of rotatable bonds is 12. The number of ketones is 1. The van der Waals surface area contributed by atoms with Gasteiger partial charge in [0.1, 0.15) is 12.3 Å². The van der Waals surface area contributed by atoms with Gasteiger partial charge in [-0.15, -0.1) is 0 Å². The zero-order valence-electron chi connectivity index (χ0n) is 22.8. The number of amides is 2. The largest absolute Gasteiger partial charge is 0.448 e. The molecule has 0 spiro atoms. The van der Waals surface area contributed by atoms with Gasteiger partial charge < -0.3 is 14.8 Å². The second-order valence-corrected chi connectivity index (χ2v) is 10.3. The van der Waals surface area contributed by atoms with Gasteiger partial charge in [0.05, 0.1) is 11.8 Å². The number of nitrogens with one attached hydrogen (secondary N) is 1. The third kappa shape index (κ3) is 7.36. The number of carbonyl (C=O) groups excluding carboxylic acids is 4. The fourth-order valence-electron chi connectivity index (χ4n) is 4.52. The van der Waals surface area contributed by atoms with Crippen molar-refractivity contribution < 1.29 is 28.7 Å². The number of carbonyl (C=O) groups is 4. The predicted octanol–water partition coefficient (Wildman–Crippen LogP) is 4.49. The number of esters is 1. The normalized spacial score (nSPS) is 16.1. The maximum Gasteiger partial charge on any atom is 0.356 e. The summed E-state index contributed by atoms with van der Waals surface area (Å²) in [7, 11) is 0. The van der Waals surface area contributed by atoms with Crippen LogP contribution in [0.2, 0.25) is 0 Å². The molecule has 0 unspecified atom stereocenters. The Morgan fingerprint density at radius 3 is 1.93 bits per heavy atom. The summed E-state index contributed by atoms with van der Waals surface area (Å²) in [5.74, 6) is -1.91. The molecule has 2 amide bonds. The quantitative estimate of drug-likeness (QED) is 0.139. The van der Waals surface area contributed by atoms with Crippen molar-refractivity contribution in [3.8, 4) is 0 Å². The summed E-state index contributed by atoms with van der Waals surface area (Å²) in [6.45, 7) is 3.06. The zero-order chi connectivity index (χ0) is 29.4. The van der Waals surface area contributed by atoms with Crippen LogP contribution in [0.5, 0.6) is 0 Å². The molecule has 3 aromatic carbocycles. The van der Waals surface area contributed by atoms with Gasteiger partial charge in [-0.05, 0) is 36.1 Å². The number of hydrogen-bond donors (Lipinski definition) is 1. The van der Waals surface area contributed by atoms with E-state index < -0.39 is 30.3 Å². The van der Waals surface area contributed by atoms with E-state index in [4.69, 9.17) is 9.47 Å². The molecule has 8 nitrogen and oxygen atoms in total. The number of nitrogens with zero attached hydrogens (tertiary/aromatic N) is 1. The molecule has 1 N–H and O–H groups in total. The summed E-state index contributed by atoms with van der Waals surface area (Å²) in [6, 6.07) is 26.6. The Morgan fingerprint density at radius 2 is 1.41 bits per heavy atom. The van der Waals surface area contributed by atoms with Gasteiger partial charge in [-0.3, -0.25) is 19.3 Å². The van der Waals surface area contributed by atoms with Crippen LogP contribution in [-0.2, 0) is 35.1 Å². The average molecular weight is 620 g/mol. The van der Waals surface area contributed by atoms with Crippen LogP contribution in [0.25, 0.3) is 0 Å². The van der Waals surface area contributed by atoms with Crippen molar-refractivity contribution in [3.63, 3.8) is 0 Å². The van der Waals surface area contributed by atoms with E-state index in [1.165, 1.54) is 4.90 Å². The first-order chi connectivity index (χ1) is 19.8. The Morgan fingerprint density at radius 1 is 0.878 bits per heavy atom. The van der Waals surface area contributed by atoms with Crippen molar-refractivity contribution in [3.05, 3.63) is 119 Å². The summed E-state index contributed by atoms with van der Waals surface area (Å²) in [4.78, 5) is 53.2. The molecule has 2 atom stereocenters. The standard InChI is InChI=1S/C32H31BrN2O6/c1-21(2)28(32(39)41-29(23-14-8-4-9-15-23)24-16-10-5-11-17-24)35-30(38)27(31(35)40-20-25(36)19-33)34-26(37)18-22-12-6-3-7-13-22/h3-17,27,29,31H,18-20H2,1-2H3,(H,34,37)/t27-,31+/m0/s1. The highest BCUT2D eigenvalue weighted by Gasteiger charge is 2.53. The lowest BCUT2D eigenvalue weighted by atomic mass is 9.99.